The smallest absolute Gasteiger partial charge is 0.254 e. The van der Waals surface area contributed by atoms with Crippen LogP contribution in [0.5, 0.6) is 5.75 Å². The molecule has 3 nitrogen and oxygen atoms in total. The van der Waals surface area contributed by atoms with E-state index in [9.17, 15) is 14.3 Å². The van der Waals surface area contributed by atoms with Gasteiger partial charge in [0.25, 0.3) is 5.91 Å². The molecule has 1 aliphatic carbocycles. The molecule has 0 radical (unpaired) electrons. The van der Waals surface area contributed by atoms with E-state index in [0.717, 1.165) is 25.7 Å². The first-order chi connectivity index (χ1) is 8.08. The minimum Gasteiger partial charge on any atom is -0.508 e. The highest BCUT2D eigenvalue weighted by atomic mass is 19.1. The summed E-state index contributed by atoms with van der Waals surface area (Å²) >= 11 is 0. The highest BCUT2D eigenvalue weighted by Gasteiger charge is 2.20. The molecule has 0 bridgehead atoms. The summed E-state index contributed by atoms with van der Waals surface area (Å²) in [5, 5.41) is 12.3. The lowest BCUT2D eigenvalue weighted by Gasteiger charge is -2.13. The summed E-state index contributed by atoms with van der Waals surface area (Å²) in [6.07, 6.45) is 4.11. The van der Waals surface area contributed by atoms with Gasteiger partial charge in [0, 0.05) is 6.04 Å². The van der Waals surface area contributed by atoms with Crippen LogP contribution in [0.25, 0.3) is 0 Å². The van der Waals surface area contributed by atoms with Crippen LogP contribution in [0.1, 0.15) is 41.6 Å². The zero-order valence-corrected chi connectivity index (χ0v) is 9.79. The first-order valence-electron chi connectivity index (χ1n) is 5.88. The van der Waals surface area contributed by atoms with E-state index < -0.39 is 11.7 Å². The lowest BCUT2D eigenvalue weighted by atomic mass is 10.1. The Labute approximate surface area is 99.7 Å². The summed E-state index contributed by atoms with van der Waals surface area (Å²) in [4.78, 5) is 11.8. The van der Waals surface area contributed by atoms with Crippen LogP contribution in [0.4, 0.5) is 4.39 Å². The number of carbonyl (C=O) groups excluding carboxylic acids is 1. The Bertz CT molecular complexity index is 439. The van der Waals surface area contributed by atoms with Gasteiger partial charge < -0.3 is 10.4 Å². The summed E-state index contributed by atoms with van der Waals surface area (Å²) in [7, 11) is 0. The predicted molar refractivity (Wildman–Crippen MR) is 62.5 cm³/mol. The van der Waals surface area contributed by atoms with Crippen molar-refractivity contribution in [2.24, 2.45) is 0 Å². The fourth-order valence-corrected chi connectivity index (χ4v) is 2.17. The van der Waals surface area contributed by atoms with Gasteiger partial charge in [-0.25, -0.2) is 4.39 Å². The van der Waals surface area contributed by atoms with E-state index in [2.05, 4.69) is 5.32 Å². The van der Waals surface area contributed by atoms with Gasteiger partial charge in [0.05, 0.1) is 5.56 Å². The largest absolute Gasteiger partial charge is 0.508 e. The Hall–Kier alpha value is -1.58. The molecule has 1 aromatic rings. The van der Waals surface area contributed by atoms with Crippen LogP contribution < -0.4 is 5.32 Å². The second kappa shape index (κ2) is 4.73. The molecule has 2 N–H and O–H groups in total. The van der Waals surface area contributed by atoms with E-state index in [0.29, 0.717) is 5.56 Å². The number of hydrogen-bond acceptors (Lipinski definition) is 2. The number of aromatic hydroxyl groups is 1. The zero-order valence-electron chi connectivity index (χ0n) is 9.79. The number of phenols is 1. The molecular weight excluding hydrogens is 221 g/mol. The van der Waals surface area contributed by atoms with Gasteiger partial charge in [-0.2, -0.15) is 0 Å². The summed E-state index contributed by atoms with van der Waals surface area (Å²) < 4.78 is 13.6. The third kappa shape index (κ3) is 2.57. The number of nitrogens with one attached hydrogen (secondary N) is 1. The van der Waals surface area contributed by atoms with Crippen LogP contribution in [0.2, 0.25) is 0 Å². The van der Waals surface area contributed by atoms with E-state index >= 15 is 0 Å². The van der Waals surface area contributed by atoms with Crippen molar-refractivity contribution in [1.29, 1.82) is 0 Å². The molecule has 0 atom stereocenters. The van der Waals surface area contributed by atoms with Gasteiger partial charge in [-0.1, -0.05) is 12.8 Å². The molecule has 0 aromatic heterocycles. The minimum atomic E-state index is -0.587. The van der Waals surface area contributed by atoms with Crippen LogP contribution in [0, 0.1) is 12.7 Å². The molecule has 0 heterocycles. The van der Waals surface area contributed by atoms with Crippen molar-refractivity contribution in [3.8, 4) is 5.75 Å². The normalized spacial score (nSPS) is 16.1. The molecular formula is C13H16FNO2. The Morgan fingerprint density at radius 1 is 1.41 bits per heavy atom. The van der Waals surface area contributed by atoms with Crippen LogP contribution in [-0.2, 0) is 0 Å². The quantitative estimate of drug-likeness (QED) is 0.830. The molecule has 0 spiro atoms. The molecule has 0 saturated heterocycles. The van der Waals surface area contributed by atoms with Crippen molar-refractivity contribution in [1.82, 2.24) is 5.32 Å². The van der Waals surface area contributed by atoms with Crippen LogP contribution in [0.3, 0.4) is 0 Å². The van der Waals surface area contributed by atoms with Crippen molar-refractivity contribution in [3.63, 3.8) is 0 Å². The summed E-state index contributed by atoms with van der Waals surface area (Å²) in [6.45, 7) is 1.59. The van der Waals surface area contributed by atoms with E-state index in [4.69, 9.17) is 0 Å². The number of hydrogen-bond donors (Lipinski definition) is 2. The maximum Gasteiger partial charge on any atom is 0.254 e. The maximum absolute atomic E-state index is 13.6. The van der Waals surface area contributed by atoms with E-state index in [1.807, 2.05) is 0 Å². The SMILES string of the molecule is Cc1cc(F)c(C(=O)NC2CCCC2)cc1O. The summed E-state index contributed by atoms with van der Waals surface area (Å²) in [5.41, 5.74) is 0.347. The van der Waals surface area contributed by atoms with Gasteiger partial charge in [-0.3, -0.25) is 4.79 Å². The Balaban J connectivity index is 2.15. The number of aryl methyl sites for hydroxylation is 1. The average molecular weight is 237 g/mol. The standard InChI is InChI=1S/C13H16FNO2/c1-8-6-11(14)10(7-12(8)16)13(17)15-9-4-2-3-5-9/h6-7,9,16H,2-5H2,1H3,(H,15,17). The van der Waals surface area contributed by atoms with Crippen molar-refractivity contribution in [2.75, 3.05) is 0 Å². The molecule has 0 unspecified atom stereocenters. The minimum absolute atomic E-state index is 0.0528. The van der Waals surface area contributed by atoms with E-state index in [1.165, 1.54) is 12.1 Å². The van der Waals surface area contributed by atoms with Crippen molar-refractivity contribution < 1.29 is 14.3 Å². The third-order valence-electron chi connectivity index (χ3n) is 3.22. The Morgan fingerprint density at radius 3 is 2.71 bits per heavy atom. The Kier molecular flexibility index (Phi) is 3.31. The Morgan fingerprint density at radius 2 is 2.06 bits per heavy atom. The summed E-state index contributed by atoms with van der Waals surface area (Å²) in [6, 6.07) is 2.51. The first-order valence-corrected chi connectivity index (χ1v) is 5.88. The van der Waals surface area contributed by atoms with Gasteiger partial charge in [0.1, 0.15) is 11.6 Å². The van der Waals surface area contributed by atoms with E-state index in [1.54, 1.807) is 6.92 Å². The molecule has 1 aliphatic rings. The van der Waals surface area contributed by atoms with E-state index in [-0.39, 0.29) is 17.4 Å². The lowest BCUT2D eigenvalue weighted by Crippen LogP contribution is -2.33. The number of rotatable bonds is 2. The van der Waals surface area contributed by atoms with Crippen LogP contribution >= 0.6 is 0 Å². The molecule has 1 amide bonds. The maximum atomic E-state index is 13.6. The lowest BCUT2D eigenvalue weighted by molar-refractivity contribution is 0.0933. The number of benzene rings is 1. The van der Waals surface area contributed by atoms with Crippen LogP contribution in [0.15, 0.2) is 12.1 Å². The van der Waals surface area contributed by atoms with Gasteiger partial charge in [0.15, 0.2) is 0 Å². The molecule has 1 saturated carbocycles. The predicted octanol–water partition coefficient (Wildman–Crippen LogP) is 2.51. The summed E-state index contributed by atoms with van der Waals surface area (Å²) in [5.74, 6) is -1.08. The van der Waals surface area contributed by atoms with Crippen molar-refractivity contribution in [2.45, 2.75) is 38.6 Å². The number of phenolic OH excluding ortho intramolecular Hbond substituents is 1. The topological polar surface area (TPSA) is 49.3 Å². The molecule has 0 aliphatic heterocycles. The van der Waals surface area contributed by atoms with Gasteiger partial charge in [-0.05, 0) is 37.5 Å². The van der Waals surface area contributed by atoms with Gasteiger partial charge >= 0.3 is 0 Å². The van der Waals surface area contributed by atoms with Gasteiger partial charge in [0.2, 0.25) is 0 Å². The van der Waals surface area contributed by atoms with Crippen molar-refractivity contribution >= 4 is 5.91 Å². The average Bonchev–Trinajstić information content (AvgIpc) is 2.76. The zero-order chi connectivity index (χ0) is 12.4. The highest BCUT2D eigenvalue weighted by Crippen LogP contribution is 2.22. The van der Waals surface area contributed by atoms with Gasteiger partial charge in [-0.15, -0.1) is 0 Å². The molecule has 92 valence electrons. The molecule has 1 aromatic carbocycles. The monoisotopic (exact) mass is 237 g/mol. The number of halogens is 1. The fraction of sp³-hybridized carbons (Fsp3) is 0.462. The number of amides is 1. The third-order valence-corrected chi connectivity index (χ3v) is 3.22. The second-order valence-corrected chi connectivity index (χ2v) is 4.57. The fourth-order valence-electron chi connectivity index (χ4n) is 2.17. The number of carbonyl (C=O) groups is 1. The van der Waals surface area contributed by atoms with Crippen molar-refractivity contribution in [3.05, 3.63) is 29.1 Å². The van der Waals surface area contributed by atoms with Crippen LogP contribution in [-0.4, -0.2) is 17.1 Å². The first kappa shape index (κ1) is 11.9. The molecule has 17 heavy (non-hydrogen) atoms. The molecule has 4 heteroatoms. The molecule has 1 fully saturated rings. The highest BCUT2D eigenvalue weighted by molar-refractivity contribution is 5.95. The molecule has 2 rings (SSSR count). The second-order valence-electron chi connectivity index (χ2n) is 4.57.